The minimum Gasteiger partial charge on any atom is -0.354 e. The first-order chi connectivity index (χ1) is 9.95. The molecule has 2 N–H and O–H groups in total. The Morgan fingerprint density at radius 1 is 1.24 bits per heavy atom. The molecule has 4 nitrogen and oxygen atoms in total. The van der Waals surface area contributed by atoms with Gasteiger partial charge in [-0.25, -0.2) is 4.98 Å². The Morgan fingerprint density at radius 2 is 2.00 bits per heavy atom. The van der Waals surface area contributed by atoms with E-state index < -0.39 is 0 Å². The number of benzene rings is 1. The van der Waals surface area contributed by atoms with Gasteiger partial charge in [0.25, 0.3) is 0 Å². The molecule has 1 heterocycles. The van der Waals surface area contributed by atoms with Gasteiger partial charge in [0, 0.05) is 16.6 Å². The fourth-order valence-corrected chi connectivity index (χ4v) is 1.87. The average molecular weight is 304 g/mol. The molecule has 0 saturated heterocycles. The SMILES string of the molecule is Cc1ccc(Cl)cc1Nc1ccc(NC(=O)C(C)C)nc1. The summed E-state index contributed by atoms with van der Waals surface area (Å²) in [5.41, 5.74) is 2.86. The molecule has 0 spiro atoms. The highest BCUT2D eigenvalue weighted by atomic mass is 35.5. The topological polar surface area (TPSA) is 54.0 Å². The number of pyridine rings is 1. The smallest absolute Gasteiger partial charge is 0.228 e. The van der Waals surface area contributed by atoms with Gasteiger partial charge < -0.3 is 10.6 Å². The average Bonchev–Trinajstić information content (AvgIpc) is 2.45. The van der Waals surface area contributed by atoms with Crippen molar-refractivity contribution in [1.82, 2.24) is 4.98 Å². The molecule has 5 heteroatoms. The Labute approximate surface area is 129 Å². The monoisotopic (exact) mass is 303 g/mol. The second-order valence-electron chi connectivity index (χ2n) is 5.16. The predicted molar refractivity (Wildman–Crippen MR) is 87.2 cm³/mol. The van der Waals surface area contributed by atoms with Crippen LogP contribution in [0.25, 0.3) is 0 Å². The van der Waals surface area contributed by atoms with Crippen LogP contribution in [0.4, 0.5) is 17.2 Å². The third-order valence-corrected chi connectivity index (χ3v) is 3.25. The highest BCUT2D eigenvalue weighted by molar-refractivity contribution is 6.30. The van der Waals surface area contributed by atoms with Crippen molar-refractivity contribution in [2.75, 3.05) is 10.6 Å². The number of nitrogens with zero attached hydrogens (tertiary/aromatic N) is 1. The number of amides is 1. The van der Waals surface area contributed by atoms with E-state index in [0.717, 1.165) is 16.9 Å². The first-order valence-corrected chi connectivity index (χ1v) is 7.13. The molecule has 0 aliphatic carbocycles. The minimum absolute atomic E-state index is 0.0473. The van der Waals surface area contributed by atoms with Crippen molar-refractivity contribution in [3.05, 3.63) is 47.1 Å². The lowest BCUT2D eigenvalue weighted by Gasteiger charge is -2.11. The van der Waals surface area contributed by atoms with Gasteiger partial charge in [-0.3, -0.25) is 4.79 Å². The number of aromatic nitrogens is 1. The van der Waals surface area contributed by atoms with E-state index in [2.05, 4.69) is 15.6 Å². The first-order valence-electron chi connectivity index (χ1n) is 6.76. The molecular weight excluding hydrogens is 286 g/mol. The Balaban J connectivity index is 2.09. The molecule has 0 saturated carbocycles. The molecule has 0 atom stereocenters. The molecule has 110 valence electrons. The lowest BCUT2D eigenvalue weighted by atomic mass is 10.2. The number of carbonyl (C=O) groups is 1. The molecule has 1 aromatic heterocycles. The fraction of sp³-hybridized carbons (Fsp3) is 0.250. The quantitative estimate of drug-likeness (QED) is 0.881. The summed E-state index contributed by atoms with van der Waals surface area (Å²) in [5, 5.41) is 6.69. The van der Waals surface area contributed by atoms with Gasteiger partial charge in [0.2, 0.25) is 5.91 Å². The number of hydrogen-bond acceptors (Lipinski definition) is 3. The van der Waals surface area contributed by atoms with Crippen molar-refractivity contribution in [2.45, 2.75) is 20.8 Å². The third kappa shape index (κ3) is 4.20. The number of rotatable bonds is 4. The molecule has 0 radical (unpaired) electrons. The molecule has 21 heavy (non-hydrogen) atoms. The van der Waals surface area contributed by atoms with Crippen LogP contribution < -0.4 is 10.6 Å². The summed E-state index contributed by atoms with van der Waals surface area (Å²) in [5.74, 6) is 0.426. The normalized spacial score (nSPS) is 10.5. The van der Waals surface area contributed by atoms with Crippen molar-refractivity contribution >= 4 is 34.7 Å². The van der Waals surface area contributed by atoms with E-state index in [4.69, 9.17) is 11.6 Å². The maximum atomic E-state index is 11.6. The Kier molecular flexibility index (Phi) is 4.81. The van der Waals surface area contributed by atoms with Gasteiger partial charge in [-0.05, 0) is 36.8 Å². The van der Waals surface area contributed by atoms with Crippen molar-refractivity contribution < 1.29 is 4.79 Å². The largest absolute Gasteiger partial charge is 0.354 e. The minimum atomic E-state index is -0.0706. The van der Waals surface area contributed by atoms with Crippen molar-refractivity contribution in [3.8, 4) is 0 Å². The van der Waals surface area contributed by atoms with Crippen molar-refractivity contribution in [1.29, 1.82) is 0 Å². The van der Waals surface area contributed by atoms with Crippen molar-refractivity contribution in [2.24, 2.45) is 5.92 Å². The molecule has 0 unspecified atom stereocenters. The van der Waals surface area contributed by atoms with Gasteiger partial charge in [-0.2, -0.15) is 0 Å². The lowest BCUT2D eigenvalue weighted by molar-refractivity contribution is -0.118. The number of nitrogens with one attached hydrogen (secondary N) is 2. The highest BCUT2D eigenvalue weighted by Crippen LogP contribution is 2.24. The summed E-state index contributed by atoms with van der Waals surface area (Å²) in [6, 6.07) is 9.30. The molecular formula is C16H18ClN3O. The summed E-state index contributed by atoms with van der Waals surface area (Å²) in [7, 11) is 0. The fourth-order valence-electron chi connectivity index (χ4n) is 1.70. The van der Waals surface area contributed by atoms with Crippen LogP contribution in [0.5, 0.6) is 0 Å². The van der Waals surface area contributed by atoms with E-state index in [1.807, 2.05) is 45.0 Å². The summed E-state index contributed by atoms with van der Waals surface area (Å²) < 4.78 is 0. The van der Waals surface area contributed by atoms with Gasteiger partial charge in [-0.15, -0.1) is 0 Å². The number of halogens is 1. The van der Waals surface area contributed by atoms with Crippen LogP contribution in [0.2, 0.25) is 5.02 Å². The van der Waals surface area contributed by atoms with Gasteiger partial charge in [-0.1, -0.05) is 31.5 Å². The van der Waals surface area contributed by atoms with Gasteiger partial charge >= 0.3 is 0 Å². The van der Waals surface area contributed by atoms with Crippen LogP contribution in [0.1, 0.15) is 19.4 Å². The second kappa shape index (κ2) is 6.59. The molecule has 2 rings (SSSR count). The van der Waals surface area contributed by atoms with Crippen LogP contribution in [0.3, 0.4) is 0 Å². The van der Waals surface area contributed by atoms with E-state index in [9.17, 15) is 4.79 Å². The zero-order chi connectivity index (χ0) is 15.4. The molecule has 0 aliphatic heterocycles. The van der Waals surface area contributed by atoms with E-state index >= 15 is 0 Å². The zero-order valence-electron chi connectivity index (χ0n) is 12.3. The van der Waals surface area contributed by atoms with Crippen LogP contribution in [0, 0.1) is 12.8 Å². The van der Waals surface area contributed by atoms with Gasteiger partial charge in [0.05, 0.1) is 11.9 Å². The number of anilines is 3. The Hall–Kier alpha value is -2.07. The summed E-state index contributed by atoms with van der Waals surface area (Å²) in [6.07, 6.45) is 1.68. The van der Waals surface area contributed by atoms with Crippen LogP contribution >= 0.6 is 11.6 Å². The van der Waals surface area contributed by atoms with Gasteiger partial charge in [0.1, 0.15) is 5.82 Å². The Morgan fingerprint density at radius 3 is 2.62 bits per heavy atom. The molecule has 2 aromatic rings. The molecule has 0 aliphatic rings. The van der Waals surface area contributed by atoms with E-state index in [0.29, 0.717) is 10.8 Å². The first kappa shape index (κ1) is 15.3. The van der Waals surface area contributed by atoms with E-state index in [1.165, 1.54) is 0 Å². The molecule has 1 aromatic carbocycles. The number of carbonyl (C=O) groups excluding carboxylic acids is 1. The summed E-state index contributed by atoms with van der Waals surface area (Å²) in [4.78, 5) is 15.8. The van der Waals surface area contributed by atoms with Crippen LogP contribution in [0.15, 0.2) is 36.5 Å². The van der Waals surface area contributed by atoms with E-state index in [1.54, 1.807) is 12.3 Å². The maximum absolute atomic E-state index is 11.6. The number of hydrogen-bond donors (Lipinski definition) is 2. The van der Waals surface area contributed by atoms with Crippen LogP contribution in [-0.2, 0) is 4.79 Å². The van der Waals surface area contributed by atoms with E-state index in [-0.39, 0.29) is 11.8 Å². The summed E-state index contributed by atoms with van der Waals surface area (Å²) in [6.45, 7) is 5.68. The maximum Gasteiger partial charge on any atom is 0.228 e. The zero-order valence-corrected chi connectivity index (χ0v) is 13.0. The second-order valence-corrected chi connectivity index (χ2v) is 5.60. The third-order valence-electron chi connectivity index (χ3n) is 3.02. The molecule has 0 bridgehead atoms. The molecule has 0 fully saturated rings. The van der Waals surface area contributed by atoms with Gasteiger partial charge in [0.15, 0.2) is 0 Å². The Bertz CT molecular complexity index is 638. The van der Waals surface area contributed by atoms with Crippen LogP contribution in [-0.4, -0.2) is 10.9 Å². The molecule has 1 amide bonds. The number of aryl methyl sites for hydroxylation is 1. The standard InChI is InChI=1S/C16H18ClN3O/c1-10(2)16(21)20-15-7-6-13(9-18-15)19-14-8-12(17)5-4-11(14)3/h4-10,19H,1-3H3,(H,18,20,21). The predicted octanol–water partition coefficient (Wildman–Crippen LogP) is 4.38. The lowest BCUT2D eigenvalue weighted by Crippen LogP contribution is -2.18. The van der Waals surface area contributed by atoms with Crippen molar-refractivity contribution in [3.63, 3.8) is 0 Å². The summed E-state index contributed by atoms with van der Waals surface area (Å²) >= 11 is 5.99. The highest BCUT2D eigenvalue weighted by Gasteiger charge is 2.07.